The summed E-state index contributed by atoms with van der Waals surface area (Å²) in [6, 6.07) is 3.82. The first-order chi connectivity index (χ1) is 8.72. The molecule has 0 aromatic heterocycles. The first-order valence-electron chi connectivity index (χ1n) is 5.83. The Hall–Kier alpha value is -0.520. The van der Waals surface area contributed by atoms with Gasteiger partial charge < -0.3 is 9.47 Å². The minimum Gasteiger partial charge on any atom is -0.492 e. The van der Waals surface area contributed by atoms with Crippen molar-refractivity contribution in [2.24, 2.45) is 0 Å². The smallest absolute Gasteiger partial charge is 0.164 e. The lowest BCUT2D eigenvalue weighted by Gasteiger charge is -2.17. The fourth-order valence-corrected chi connectivity index (χ4v) is 3.24. The number of hydrogen-bond acceptors (Lipinski definition) is 4. The number of methoxy groups -OCH3 is 1. The molecule has 0 fully saturated rings. The molecule has 5 heteroatoms. The van der Waals surface area contributed by atoms with E-state index < -0.39 is 0 Å². The van der Waals surface area contributed by atoms with Crippen molar-refractivity contribution in [3.63, 3.8) is 0 Å². The fraction of sp³-hybridized carbons (Fsp3) is 0.462. The summed E-state index contributed by atoms with van der Waals surface area (Å²) < 4.78 is 11.5. The van der Waals surface area contributed by atoms with E-state index in [1.54, 1.807) is 18.9 Å². The number of ketones is 1. The van der Waals surface area contributed by atoms with Crippen LogP contribution in [0.1, 0.15) is 23.2 Å². The van der Waals surface area contributed by atoms with Crippen LogP contribution in [0, 0.1) is 0 Å². The molecule has 0 spiro atoms. The monoisotopic (exact) mass is 330 g/mol. The molecule has 0 saturated carbocycles. The Labute approximate surface area is 119 Å². The Balaban J connectivity index is 2.10. The molecule has 0 amide bonds. The largest absolute Gasteiger partial charge is 0.492 e. The Morgan fingerprint density at radius 1 is 1.39 bits per heavy atom. The maximum absolute atomic E-state index is 11.8. The lowest BCUT2D eigenvalue weighted by Crippen LogP contribution is -2.09. The molecule has 0 atom stereocenters. The topological polar surface area (TPSA) is 35.5 Å². The maximum atomic E-state index is 11.8. The molecule has 0 N–H and O–H groups in total. The van der Waals surface area contributed by atoms with Crippen LogP contribution in [-0.2, 0) is 4.74 Å². The van der Waals surface area contributed by atoms with E-state index in [0.29, 0.717) is 19.6 Å². The van der Waals surface area contributed by atoms with Crippen LogP contribution in [0.3, 0.4) is 0 Å². The predicted octanol–water partition coefficient (Wildman–Crippen LogP) is 3.54. The molecule has 1 heterocycles. The summed E-state index contributed by atoms with van der Waals surface area (Å²) in [6.07, 6.45) is 1.48. The third kappa shape index (κ3) is 3.28. The third-order valence-corrected chi connectivity index (χ3v) is 4.35. The van der Waals surface area contributed by atoms with Crippen molar-refractivity contribution >= 4 is 33.5 Å². The van der Waals surface area contributed by atoms with Gasteiger partial charge in [-0.1, -0.05) is 0 Å². The lowest BCUT2D eigenvalue weighted by atomic mass is 10.1. The molecule has 1 aromatic carbocycles. The van der Waals surface area contributed by atoms with Crippen LogP contribution in [0.15, 0.2) is 21.5 Å². The van der Waals surface area contributed by atoms with Crippen molar-refractivity contribution in [2.45, 2.75) is 17.7 Å². The van der Waals surface area contributed by atoms with Gasteiger partial charge in [0.05, 0.1) is 11.1 Å². The Bertz CT molecular complexity index is 448. The van der Waals surface area contributed by atoms with Gasteiger partial charge in [-0.2, -0.15) is 0 Å². The molecule has 0 saturated heterocycles. The van der Waals surface area contributed by atoms with Crippen LogP contribution in [-0.4, -0.2) is 31.9 Å². The summed E-state index contributed by atoms with van der Waals surface area (Å²) in [5.41, 5.74) is 0.808. The van der Waals surface area contributed by atoms with E-state index in [1.807, 2.05) is 12.1 Å². The van der Waals surface area contributed by atoms with Gasteiger partial charge in [0.25, 0.3) is 0 Å². The zero-order valence-corrected chi connectivity index (χ0v) is 12.6. The van der Waals surface area contributed by atoms with Crippen molar-refractivity contribution in [2.75, 3.05) is 26.1 Å². The summed E-state index contributed by atoms with van der Waals surface area (Å²) >= 11 is 5.17. The number of ether oxygens (including phenoxy) is 2. The highest BCUT2D eigenvalue weighted by molar-refractivity contribution is 9.10. The Kier molecular flexibility index (Phi) is 5.09. The summed E-state index contributed by atoms with van der Waals surface area (Å²) in [7, 11) is 1.68. The minimum absolute atomic E-state index is 0.218. The number of hydrogen-bond donors (Lipinski definition) is 0. The molecule has 2 rings (SSSR count). The van der Waals surface area contributed by atoms with Crippen molar-refractivity contribution in [3.05, 3.63) is 22.2 Å². The average molecular weight is 331 g/mol. The van der Waals surface area contributed by atoms with E-state index in [2.05, 4.69) is 15.9 Å². The standard InChI is InChI=1S/C13H15BrO3S/c1-16-4-2-5-17-12-8-13-9(7-10(12)14)11(15)3-6-18-13/h7-8H,2-6H2,1H3. The molecule has 0 unspecified atom stereocenters. The van der Waals surface area contributed by atoms with Gasteiger partial charge in [-0.05, 0) is 28.1 Å². The molecule has 0 bridgehead atoms. The maximum Gasteiger partial charge on any atom is 0.164 e. The van der Waals surface area contributed by atoms with Crippen LogP contribution in [0.5, 0.6) is 5.75 Å². The summed E-state index contributed by atoms with van der Waals surface area (Å²) in [4.78, 5) is 12.8. The number of fused-ring (bicyclic) bond motifs is 1. The molecule has 1 aliphatic heterocycles. The minimum atomic E-state index is 0.218. The van der Waals surface area contributed by atoms with E-state index in [4.69, 9.17) is 9.47 Å². The normalized spacial score (nSPS) is 14.4. The fourth-order valence-electron chi connectivity index (χ4n) is 1.76. The Morgan fingerprint density at radius 3 is 3.00 bits per heavy atom. The zero-order chi connectivity index (χ0) is 13.0. The number of thioether (sulfide) groups is 1. The van der Waals surface area contributed by atoms with E-state index in [9.17, 15) is 4.79 Å². The van der Waals surface area contributed by atoms with Gasteiger partial charge in [0, 0.05) is 42.8 Å². The van der Waals surface area contributed by atoms with Gasteiger partial charge in [0.1, 0.15) is 5.75 Å². The third-order valence-electron chi connectivity index (χ3n) is 2.67. The highest BCUT2D eigenvalue weighted by Crippen LogP contribution is 2.37. The number of benzene rings is 1. The van der Waals surface area contributed by atoms with Crippen molar-refractivity contribution in [1.82, 2.24) is 0 Å². The van der Waals surface area contributed by atoms with Gasteiger partial charge in [0.2, 0.25) is 0 Å². The zero-order valence-electron chi connectivity index (χ0n) is 10.2. The van der Waals surface area contributed by atoms with Crippen LogP contribution in [0.25, 0.3) is 0 Å². The summed E-state index contributed by atoms with van der Waals surface area (Å²) in [5, 5.41) is 0. The number of halogens is 1. The number of carbonyl (C=O) groups is 1. The lowest BCUT2D eigenvalue weighted by molar-refractivity contribution is 0.0984. The molecule has 0 radical (unpaired) electrons. The molecule has 18 heavy (non-hydrogen) atoms. The van der Waals surface area contributed by atoms with Gasteiger partial charge in [-0.3, -0.25) is 4.79 Å². The molecule has 1 aromatic rings. The van der Waals surface area contributed by atoms with Crippen LogP contribution >= 0.6 is 27.7 Å². The van der Waals surface area contributed by atoms with Crippen LogP contribution in [0.2, 0.25) is 0 Å². The Morgan fingerprint density at radius 2 is 2.22 bits per heavy atom. The van der Waals surface area contributed by atoms with Crippen LogP contribution < -0.4 is 4.74 Å². The highest BCUT2D eigenvalue weighted by atomic mass is 79.9. The average Bonchev–Trinajstić information content (AvgIpc) is 2.36. The number of rotatable bonds is 5. The second-order valence-electron chi connectivity index (χ2n) is 4.00. The first-order valence-corrected chi connectivity index (χ1v) is 7.61. The van der Waals surface area contributed by atoms with Gasteiger partial charge >= 0.3 is 0 Å². The number of carbonyl (C=O) groups excluding carboxylic acids is 1. The summed E-state index contributed by atoms with van der Waals surface area (Å²) in [6.45, 7) is 1.31. The molecular formula is C13H15BrO3S. The van der Waals surface area contributed by atoms with Gasteiger partial charge in [-0.15, -0.1) is 11.8 Å². The predicted molar refractivity (Wildman–Crippen MR) is 75.8 cm³/mol. The second kappa shape index (κ2) is 6.59. The van der Waals surface area contributed by atoms with E-state index in [1.165, 1.54) is 0 Å². The molecule has 98 valence electrons. The quantitative estimate of drug-likeness (QED) is 0.773. The van der Waals surface area contributed by atoms with Gasteiger partial charge in [-0.25, -0.2) is 0 Å². The van der Waals surface area contributed by atoms with Gasteiger partial charge in [0.15, 0.2) is 5.78 Å². The van der Waals surface area contributed by atoms with Crippen LogP contribution in [0.4, 0.5) is 0 Å². The van der Waals surface area contributed by atoms with Crippen molar-refractivity contribution in [1.29, 1.82) is 0 Å². The highest BCUT2D eigenvalue weighted by Gasteiger charge is 2.20. The SMILES string of the molecule is COCCCOc1cc2c(cc1Br)C(=O)CCS2. The molecular weight excluding hydrogens is 316 g/mol. The van der Waals surface area contributed by atoms with E-state index >= 15 is 0 Å². The second-order valence-corrected chi connectivity index (χ2v) is 5.99. The van der Waals surface area contributed by atoms with E-state index in [-0.39, 0.29) is 5.78 Å². The molecule has 0 aliphatic carbocycles. The van der Waals surface area contributed by atoms with Crippen molar-refractivity contribution in [3.8, 4) is 5.75 Å². The first kappa shape index (κ1) is 13.9. The summed E-state index contributed by atoms with van der Waals surface area (Å²) in [5.74, 6) is 1.87. The molecule has 3 nitrogen and oxygen atoms in total. The molecule has 1 aliphatic rings. The van der Waals surface area contributed by atoms with Crippen molar-refractivity contribution < 1.29 is 14.3 Å². The number of Topliss-reactive ketones (excluding diaryl/α,β-unsaturated/α-hetero) is 1. The van der Waals surface area contributed by atoms with E-state index in [0.717, 1.165) is 32.9 Å².